The number of benzene rings is 1. The van der Waals surface area contributed by atoms with Crippen molar-refractivity contribution in [2.45, 2.75) is 22.9 Å². The quantitative estimate of drug-likeness (QED) is 0.465. The van der Waals surface area contributed by atoms with Crippen molar-refractivity contribution < 1.29 is 19.5 Å². The highest BCUT2D eigenvalue weighted by atomic mass is 32.2. The molecule has 2 atom stereocenters. The lowest BCUT2D eigenvalue weighted by Crippen LogP contribution is -2.70. The molecule has 29 heavy (non-hydrogen) atoms. The summed E-state index contributed by atoms with van der Waals surface area (Å²) >= 11 is 2.97. The molecule has 1 unspecified atom stereocenters. The Morgan fingerprint density at radius 2 is 2.10 bits per heavy atom. The highest BCUT2D eigenvalue weighted by Gasteiger charge is 2.54. The average molecular weight is 432 g/mol. The van der Waals surface area contributed by atoms with E-state index in [9.17, 15) is 19.5 Å². The molecule has 3 heterocycles. The van der Waals surface area contributed by atoms with Gasteiger partial charge in [0.05, 0.1) is 0 Å². The van der Waals surface area contributed by atoms with Gasteiger partial charge < -0.3 is 10.4 Å². The minimum Gasteiger partial charge on any atom is -0.477 e. The van der Waals surface area contributed by atoms with Crippen molar-refractivity contribution in [1.82, 2.24) is 30.4 Å². The molecule has 1 aromatic carbocycles. The second-order valence-corrected chi connectivity index (χ2v) is 8.48. The number of carboxylic acid groups (broad SMARTS) is 1. The monoisotopic (exact) mass is 432 g/mol. The molecule has 4 rings (SSSR count). The van der Waals surface area contributed by atoms with Gasteiger partial charge in [0.25, 0.3) is 5.91 Å². The summed E-state index contributed by atoms with van der Waals surface area (Å²) in [5.74, 6) is -1.01. The van der Waals surface area contributed by atoms with E-state index in [4.69, 9.17) is 0 Å². The van der Waals surface area contributed by atoms with Gasteiger partial charge >= 0.3 is 5.97 Å². The summed E-state index contributed by atoms with van der Waals surface area (Å²) in [6, 6.07) is 8.90. The third-order valence-corrected chi connectivity index (χ3v) is 6.86. The number of carboxylic acids is 1. The standard InChI is InChI=1S/C17H16N6O4S2/c24-12(6-22-9-18-20-21-22)19-13-15(25)23-14(17(26)27)10(8-29-16(13)23)7-28-11-4-2-1-3-5-11/h1-5,9,13,16H,6-8H2,(H,19,24)(H,26,27)/t13?,16-/m0/s1. The van der Waals surface area contributed by atoms with E-state index in [2.05, 4.69) is 20.8 Å². The van der Waals surface area contributed by atoms with Crippen LogP contribution >= 0.6 is 23.5 Å². The van der Waals surface area contributed by atoms with E-state index >= 15 is 0 Å². The van der Waals surface area contributed by atoms with Crippen molar-refractivity contribution in [2.75, 3.05) is 11.5 Å². The van der Waals surface area contributed by atoms with Crippen LogP contribution in [0.2, 0.25) is 0 Å². The van der Waals surface area contributed by atoms with Gasteiger partial charge in [0.1, 0.15) is 30.0 Å². The number of amides is 2. The molecule has 150 valence electrons. The summed E-state index contributed by atoms with van der Waals surface area (Å²) in [5.41, 5.74) is 0.715. The third-order valence-electron chi connectivity index (χ3n) is 4.42. The number of aromatic nitrogens is 4. The smallest absolute Gasteiger partial charge is 0.352 e. The zero-order valence-electron chi connectivity index (χ0n) is 15.0. The van der Waals surface area contributed by atoms with Gasteiger partial charge in [0.15, 0.2) is 0 Å². The first-order valence-corrected chi connectivity index (χ1v) is 10.7. The van der Waals surface area contributed by atoms with Crippen LogP contribution in [0.25, 0.3) is 0 Å². The van der Waals surface area contributed by atoms with Gasteiger partial charge in [-0.05, 0) is 28.1 Å². The fourth-order valence-electron chi connectivity index (χ4n) is 3.10. The molecule has 1 aromatic heterocycles. The zero-order chi connectivity index (χ0) is 20.4. The topological polar surface area (TPSA) is 130 Å². The molecular formula is C17H16N6O4S2. The van der Waals surface area contributed by atoms with Crippen LogP contribution in [-0.2, 0) is 20.9 Å². The molecule has 2 amide bonds. The Labute approximate surface area is 173 Å². The predicted octanol–water partition coefficient (Wildman–Crippen LogP) is 0.204. The van der Waals surface area contributed by atoms with Gasteiger partial charge in [-0.2, -0.15) is 0 Å². The molecule has 0 radical (unpaired) electrons. The molecule has 2 aromatic rings. The Morgan fingerprint density at radius 3 is 2.79 bits per heavy atom. The Hall–Kier alpha value is -2.86. The van der Waals surface area contributed by atoms with E-state index in [1.54, 1.807) is 0 Å². The first-order chi connectivity index (χ1) is 14.0. The third kappa shape index (κ3) is 3.98. The van der Waals surface area contributed by atoms with E-state index in [-0.39, 0.29) is 12.2 Å². The van der Waals surface area contributed by atoms with Crippen molar-refractivity contribution in [1.29, 1.82) is 0 Å². The van der Waals surface area contributed by atoms with Crippen molar-refractivity contribution in [2.24, 2.45) is 0 Å². The maximum atomic E-state index is 12.6. The molecule has 2 aliphatic rings. The molecule has 1 saturated heterocycles. The minimum absolute atomic E-state index is 0.0214. The Kier molecular flexibility index (Phi) is 5.53. The number of carbonyl (C=O) groups is 3. The number of nitrogens with one attached hydrogen (secondary N) is 1. The van der Waals surface area contributed by atoms with Gasteiger partial charge in [-0.1, -0.05) is 18.2 Å². The van der Waals surface area contributed by atoms with Crippen LogP contribution in [0.1, 0.15) is 0 Å². The van der Waals surface area contributed by atoms with Gasteiger partial charge in [-0.25, -0.2) is 9.48 Å². The molecule has 0 saturated carbocycles. The van der Waals surface area contributed by atoms with Gasteiger partial charge in [-0.3, -0.25) is 14.5 Å². The molecule has 10 nitrogen and oxygen atoms in total. The van der Waals surface area contributed by atoms with Crippen molar-refractivity contribution in [3.8, 4) is 0 Å². The highest BCUT2D eigenvalue weighted by Crippen LogP contribution is 2.41. The number of rotatable bonds is 7. The molecule has 12 heteroatoms. The maximum absolute atomic E-state index is 12.6. The number of thioether (sulfide) groups is 2. The second kappa shape index (κ2) is 8.25. The average Bonchev–Trinajstić information content (AvgIpc) is 3.23. The SMILES string of the molecule is O=C(Cn1cnnn1)NC1C(=O)N2C(C(=O)O)=C(CSc3ccccc3)CS[C@@H]12. The van der Waals surface area contributed by atoms with E-state index in [1.165, 1.54) is 39.4 Å². The van der Waals surface area contributed by atoms with Gasteiger partial charge in [-0.15, -0.1) is 28.6 Å². The summed E-state index contributed by atoms with van der Waals surface area (Å²) in [6.45, 7) is -0.116. The molecule has 0 spiro atoms. The Morgan fingerprint density at radius 1 is 1.31 bits per heavy atom. The van der Waals surface area contributed by atoms with Gasteiger partial charge in [0.2, 0.25) is 5.91 Å². The van der Waals surface area contributed by atoms with Crippen LogP contribution in [0.15, 0.2) is 52.8 Å². The molecular weight excluding hydrogens is 416 g/mol. The molecule has 0 aliphatic carbocycles. The molecule has 2 aliphatic heterocycles. The number of tetrazole rings is 1. The minimum atomic E-state index is -1.13. The molecule has 0 bridgehead atoms. The Balaban J connectivity index is 1.44. The lowest BCUT2D eigenvalue weighted by molar-refractivity contribution is -0.150. The maximum Gasteiger partial charge on any atom is 0.352 e. The van der Waals surface area contributed by atoms with E-state index < -0.39 is 29.2 Å². The van der Waals surface area contributed by atoms with E-state index in [0.717, 1.165) is 4.90 Å². The van der Waals surface area contributed by atoms with Crippen LogP contribution in [0, 0.1) is 0 Å². The number of aliphatic carboxylic acids is 1. The van der Waals surface area contributed by atoms with E-state index in [1.807, 2.05) is 30.3 Å². The van der Waals surface area contributed by atoms with Crippen LogP contribution < -0.4 is 5.32 Å². The largest absolute Gasteiger partial charge is 0.477 e. The summed E-state index contributed by atoms with van der Waals surface area (Å²) in [5, 5.41) is 22.4. The predicted molar refractivity (Wildman–Crippen MR) is 105 cm³/mol. The molecule has 2 N–H and O–H groups in total. The second-order valence-electron chi connectivity index (χ2n) is 6.32. The summed E-state index contributed by atoms with van der Waals surface area (Å²) in [4.78, 5) is 38.9. The Bertz CT molecular complexity index is 966. The lowest BCUT2D eigenvalue weighted by atomic mass is 10.0. The number of fused-ring (bicyclic) bond motifs is 1. The van der Waals surface area contributed by atoms with Crippen molar-refractivity contribution in [3.05, 3.63) is 47.9 Å². The molecule has 1 fully saturated rings. The number of hydrogen-bond acceptors (Lipinski definition) is 8. The van der Waals surface area contributed by atoms with Crippen molar-refractivity contribution >= 4 is 41.3 Å². The number of hydrogen-bond donors (Lipinski definition) is 2. The fraction of sp³-hybridized carbons (Fsp3) is 0.294. The summed E-state index contributed by atoms with van der Waals surface area (Å²) in [6.07, 6.45) is 1.30. The lowest BCUT2D eigenvalue weighted by Gasteiger charge is -2.49. The van der Waals surface area contributed by atoms with Gasteiger partial charge in [0, 0.05) is 16.4 Å². The van der Waals surface area contributed by atoms with Crippen molar-refractivity contribution in [3.63, 3.8) is 0 Å². The van der Waals surface area contributed by atoms with Crippen LogP contribution in [0.4, 0.5) is 0 Å². The first kappa shape index (κ1) is 19.5. The zero-order valence-corrected chi connectivity index (χ0v) is 16.6. The van der Waals surface area contributed by atoms with E-state index in [0.29, 0.717) is 17.1 Å². The van der Waals surface area contributed by atoms with Crippen LogP contribution in [-0.4, -0.2) is 70.9 Å². The normalized spacial score (nSPS) is 20.8. The highest BCUT2D eigenvalue weighted by molar-refractivity contribution is 8.01. The number of nitrogens with zero attached hydrogens (tertiary/aromatic N) is 5. The first-order valence-electron chi connectivity index (χ1n) is 8.62. The summed E-state index contributed by atoms with van der Waals surface area (Å²) in [7, 11) is 0. The van der Waals surface area contributed by atoms with Crippen LogP contribution in [0.5, 0.6) is 0 Å². The number of carbonyl (C=O) groups excluding carboxylic acids is 2. The number of β-lactam (4-membered cyclic amide) rings is 1. The summed E-state index contributed by atoms with van der Waals surface area (Å²) < 4.78 is 1.24. The fourth-order valence-corrected chi connectivity index (χ4v) is 5.50. The van der Waals surface area contributed by atoms with Crippen LogP contribution in [0.3, 0.4) is 0 Å².